The number of nitrogens with two attached hydrogens (primary N) is 2. The number of halogens is 3. The Morgan fingerprint density at radius 2 is 2.00 bits per heavy atom. The predicted octanol–water partition coefficient (Wildman–Crippen LogP) is 2.32. The standard InChI is InChI=1S/C11H15F3N2O/c12-11(13,14)17-9-4-1-3-8(7-9)10(16)5-2-6-15/h1,3-4,7,10H,2,5-6,15-16H2/t10-/m1/s1. The van der Waals surface area contributed by atoms with Crippen LogP contribution in [0.1, 0.15) is 24.4 Å². The molecule has 17 heavy (non-hydrogen) atoms. The minimum absolute atomic E-state index is 0.252. The van der Waals surface area contributed by atoms with Crippen LogP contribution in [-0.4, -0.2) is 12.9 Å². The Kier molecular flexibility index (Phi) is 4.77. The summed E-state index contributed by atoms with van der Waals surface area (Å²) in [6, 6.07) is 5.38. The van der Waals surface area contributed by atoms with E-state index in [1.165, 1.54) is 18.2 Å². The highest BCUT2D eigenvalue weighted by Crippen LogP contribution is 2.26. The van der Waals surface area contributed by atoms with Gasteiger partial charge in [-0.3, -0.25) is 0 Å². The van der Waals surface area contributed by atoms with Crippen molar-refractivity contribution in [1.29, 1.82) is 0 Å². The average Bonchev–Trinajstić information content (AvgIpc) is 2.24. The van der Waals surface area contributed by atoms with Gasteiger partial charge in [0.25, 0.3) is 0 Å². The molecule has 0 unspecified atom stereocenters. The number of ether oxygens (including phenoxy) is 1. The van der Waals surface area contributed by atoms with Gasteiger partial charge in [0.2, 0.25) is 0 Å². The zero-order valence-corrected chi connectivity index (χ0v) is 9.20. The van der Waals surface area contributed by atoms with Gasteiger partial charge in [0.05, 0.1) is 0 Å². The Hall–Kier alpha value is -1.27. The number of benzene rings is 1. The van der Waals surface area contributed by atoms with Crippen LogP contribution in [0.4, 0.5) is 13.2 Å². The molecule has 1 atom stereocenters. The van der Waals surface area contributed by atoms with Gasteiger partial charge < -0.3 is 16.2 Å². The lowest BCUT2D eigenvalue weighted by Crippen LogP contribution is -2.18. The second-order valence-electron chi connectivity index (χ2n) is 3.66. The van der Waals surface area contributed by atoms with E-state index in [1.807, 2.05) is 0 Å². The first kappa shape index (κ1) is 13.8. The molecule has 0 amide bonds. The molecule has 1 rings (SSSR count). The lowest BCUT2D eigenvalue weighted by molar-refractivity contribution is -0.274. The molecule has 0 radical (unpaired) electrons. The molecule has 0 saturated carbocycles. The highest BCUT2D eigenvalue weighted by atomic mass is 19.4. The van der Waals surface area contributed by atoms with Crippen LogP contribution >= 0.6 is 0 Å². The highest BCUT2D eigenvalue weighted by molar-refractivity contribution is 5.30. The van der Waals surface area contributed by atoms with E-state index < -0.39 is 6.36 Å². The SMILES string of the molecule is NCCC[C@@H](N)c1cccc(OC(F)(F)F)c1. The van der Waals surface area contributed by atoms with E-state index in [4.69, 9.17) is 11.5 Å². The molecule has 4 N–H and O–H groups in total. The molecule has 96 valence electrons. The topological polar surface area (TPSA) is 61.3 Å². The molecule has 0 heterocycles. The van der Waals surface area contributed by atoms with E-state index in [1.54, 1.807) is 6.07 Å². The molecule has 6 heteroatoms. The lowest BCUT2D eigenvalue weighted by atomic mass is 10.0. The summed E-state index contributed by atoms with van der Waals surface area (Å²) < 4.78 is 39.8. The first-order chi connectivity index (χ1) is 7.92. The smallest absolute Gasteiger partial charge is 0.406 e. The van der Waals surface area contributed by atoms with Gasteiger partial charge in [0.1, 0.15) is 5.75 Å². The third kappa shape index (κ3) is 5.06. The normalized spacial score (nSPS) is 13.5. The molecule has 0 spiro atoms. The maximum atomic E-state index is 12.0. The summed E-state index contributed by atoms with van der Waals surface area (Å²) in [5, 5.41) is 0. The van der Waals surface area contributed by atoms with Crippen LogP contribution in [0.3, 0.4) is 0 Å². The average molecular weight is 248 g/mol. The number of rotatable bonds is 5. The minimum Gasteiger partial charge on any atom is -0.406 e. The van der Waals surface area contributed by atoms with Crippen LogP contribution in [0.5, 0.6) is 5.75 Å². The molecule has 0 aliphatic carbocycles. The van der Waals surface area contributed by atoms with E-state index in [2.05, 4.69) is 4.74 Å². The molecular formula is C11H15F3N2O. The van der Waals surface area contributed by atoms with Gasteiger partial charge >= 0.3 is 6.36 Å². The van der Waals surface area contributed by atoms with E-state index in [0.29, 0.717) is 18.5 Å². The van der Waals surface area contributed by atoms with Crippen LogP contribution in [0, 0.1) is 0 Å². The Labute approximate surface area is 97.5 Å². The van der Waals surface area contributed by atoms with Crippen molar-refractivity contribution in [2.45, 2.75) is 25.2 Å². The van der Waals surface area contributed by atoms with Crippen molar-refractivity contribution in [3.63, 3.8) is 0 Å². The molecule has 3 nitrogen and oxygen atoms in total. The van der Waals surface area contributed by atoms with Crippen molar-refractivity contribution < 1.29 is 17.9 Å². The maximum absolute atomic E-state index is 12.0. The second-order valence-corrected chi connectivity index (χ2v) is 3.66. The molecule has 0 fully saturated rings. The van der Waals surface area contributed by atoms with Gasteiger partial charge in [-0.05, 0) is 37.1 Å². The van der Waals surface area contributed by atoms with E-state index >= 15 is 0 Å². The molecule has 1 aromatic carbocycles. The van der Waals surface area contributed by atoms with Crippen molar-refractivity contribution in [3.05, 3.63) is 29.8 Å². The van der Waals surface area contributed by atoms with Crippen LogP contribution < -0.4 is 16.2 Å². The van der Waals surface area contributed by atoms with Crippen molar-refractivity contribution in [3.8, 4) is 5.75 Å². The summed E-state index contributed by atoms with van der Waals surface area (Å²) in [4.78, 5) is 0. The summed E-state index contributed by atoms with van der Waals surface area (Å²) in [5.74, 6) is -0.252. The molecule has 0 saturated heterocycles. The second kappa shape index (κ2) is 5.88. The zero-order chi connectivity index (χ0) is 12.9. The Morgan fingerprint density at radius 3 is 2.59 bits per heavy atom. The first-order valence-electron chi connectivity index (χ1n) is 5.24. The summed E-state index contributed by atoms with van der Waals surface area (Å²) in [5.41, 5.74) is 11.8. The summed E-state index contributed by atoms with van der Waals surface area (Å²) in [6.07, 6.45) is -3.32. The van der Waals surface area contributed by atoms with Gasteiger partial charge in [0.15, 0.2) is 0 Å². The Balaban J connectivity index is 2.71. The monoisotopic (exact) mass is 248 g/mol. The van der Waals surface area contributed by atoms with Crippen molar-refractivity contribution >= 4 is 0 Å². The summed E-state index contributed by atoms with van der Waals surface area (Å²) in [6.45, 7) is 0.506. The number of alkyl halides is 3. The molecule has 1 aromatic rings. The summed E-state index contributed by atoms with van der Waals surface area (Å²) >= 11 is 0. The fourth-order valence-electron chi connectivity index (χ4n) is 1.45. The van der Waals surface area contributed by atoms with Crippen LogP contribution in [0.2, 0.25) is 0 Å². The van der Waals surface area contributed by atoms with Crippen molar-refractivity contribution in [2.75, 3.05) is 6.54 Å². The highest BCUT2D eigenvalue weighted by Gasteiger charge is 2.31. The molecule has 0 aromatic heterocycles. The predicted molar refractivity (Wildman–Crippen MR) is 58.3 cm³/mol. The molecule has 0 aliphatic rings. The van der Waals surface area contributed by atoms with Gasteiger partial charge in [-0.2, -0.15) is 0 Å². The fourth-order valence-corrected chi connectivity index (χ4v) is 1.45. The number of hydrogen-bond acceptors (Lipinski definition) is 3. The molecule has 0 aliphatic heterocycles. The minimum atomic E-state index is -4.68. The van der Waals surface area contributed by atoms with Gasteiger partial charge in [0, 0.05) is 6.04 Å². The largest absolute Gasteiger partial charge is 0.573 e. The molecular weight excluding hydrogens is 233 g/mol. The maximum Gasteiger partial charge on any atom is 0.573 e. The quantitative estimate of drug-likeness (QED) is 0.840. The molecule has 0 bridgehead atoms. The number of hydrogen-bond donors (Lipinski definition) is 2. The first-order valence-corrected chi connectivity index (χ1v) is 5.24. The van der Waals surface area contributed by atoms with Crippen molar-refractivity contribution in [2.24, 2.45) is 11.5 Å². The van der Waals surface area contributed by atoms with Gasteiger partial charge in [-0.1, -0.05) is 12.1 Å². The van der Waals surface area contributed by atoms with Crippen LogP contribution in [0.15, 0.2) is 24.3 Å². The van der Waals surface area contributed by atoms with Gasteiger partial charge in [-0.15, -0.1) is 13.2 Å². The zero-order valence-electron chi connectivity index (χ0n) is 9.20. The van der Waals surface area contributed by atoms with E-state index in [-0.39, 0.29) is 11.8 Å². The summed E-state index contributed by atoms with van der Waals surface area (Å²) in [7, 11) is 0. The fraction of sp³-hybridized carbons (Fsp3) is 0.455. The van der Waals surface area contributed by atoms with Gasteiger partial charge in [-0.25, -0.2) is 0 Å². The van der Waals surface area contributed by atoms with E-state index in [9.17, 15) is 13.2 Å². The van der Waals surface area contributed by atoms with Crippen LogP contribution in [-0.2, 0) is 0 Å². The van der Waals surface area contributed by atoms with Crippen molar-refractivity contribution in [1.82, 2.24) is 0 Å². The van der Waals surface area contributed by atoms with Crippen LogP contribution in [0.25, 0.3) is 0 Å². The third-order valence-corrected chi connectivity index (χ3v) is 2.24. The Bertz CT molecular complexity index is 355. The lowest BCUT2D eigenvalue weighted by Gasteiger charge is -2.14. The Morgan fingerprint density at radius 1 is 1.29 bits per heavy atom. The third-order valence-electron chi connectivity index (χ3n) is 2.24. The van der Waals surface area contributed by atoms with E-state index in [0.717, 1.165) is 6.42 Å².